The molecule has 0 fully saturated rings. The lowest BCUT2D eigenvalue weighted by Gasteiger charge is -2.36. The molecule has 0 rings (SSSR count). The number of rotatable bonds is 3. The first-order valence-electron chi connectivity index (χ1n) is 4.33. The maximum Gasteiger partial charge on any atom is 0.421 e. The third kappa shape index (κ3) is 2.78. The van der Waals surface area contributed by atoms with E-state index in [-0.39, 0.29) is 0 Å². The van der Waals surface area contributed by atoms with Crippen molar-refractivity contribution in [3.8, 4) is 0 Å². The molecule has 0 aromatic carbocycles. The molecule has 0 saturated heterocycles. The summed E-state index contributed by atoms with van der Waals surface area (Å²) < 4.78 is 111. The van der Waals surface area contributed by atoms with E-state index in [4.69, 9.17) is 0 Å². The minimum atomic E-state index is -6.89. The molecule has 0 aliphatic rings. The van der Waals surface area contributed by atoms with Gasteiger partial charge in [-0.25, -0.2) is 0 Å². The number of alkyl halides is 9. The molecule has 0 aromatic rings. The topological polar surface area (TPSA) is 29.1 Å². The highest BCUT2D eigenvalue weighted by atomic mass is 19.4. The number of amides is 1. The molecule has 0 unspecified atom stereocenters. The number of halogens is 9. The molecule has 0 radical (unpaired) electrons. The van der Waals surface area contributed by atoms with Gasteiger partial charge in [-0.1, -0.05) is 6.08 Å². The van der Waals surface area contributed by atoms with Crippen molar-refractivity contribution in [1.29, 1.82) is 0 Å². The second-order valence-corrected chi connectivity index (χ2v) is 3.24. The SMILES string of the molecule is C=CCNC(=O)C(C(F)(F)F)(C(F)(F)F)C(F)(F)F. The standard InChI is InChI=1S/C8H6F9NO/c1-2-3-18-4(19)5(6(9,10)11,7(12,13)14)8(15,16)17/h2H,1,3H2,(H,18,19). The van der Waals surface area contributed by atoms with Gasteiger partial charge in [-0.2, -0.15) is 39.5 Å². The van der Waals surface area contributed by atoms with Crippen LogP contribution >= 0.6 is 0 Å². The van der Waals surface area contributed by atoms with Crippen molar-refractivity contribution in [2.24, 2.45) is 5.41 Å². The fourth-order valence-corrected chi connectivity index (χ4v) is 1.17. The molecule has 1 amide bonds. The predicted molar refractivity (Wildman–Crippen MR) is 43.8 cm³/mol. The lowest BCUT2D eigenvalue weighted by molar-refractivity contribution is -0.406. The Morgan fingerprint density at radius 2 is 1.21 bits per heavy atom. The molecule has 0 aliphatic heterocycles. The Labute approximate surface area is 99.8 Å². The molecule has 0 saturated carbocycles. The quantitative estimate of drug-likeness (QED) is 0.630. The van der Waals surface area contributed by atoms with Crippen molar-refractivity contribution >= 4 is 5.91 Å². The number of carbonyl (C=O) groups is 1. The monoisotopic (exact) mass is 303 g/mol. The van der Waals surface area contributed by atoms with E-state index in [1.165, 1.54) is 0 Å². The molecule has 0 atom stereocenters. The Hall–Kier alpha value is -1.42. The highest BCUT2D eigenvalue weighted by molar-refractivity contribution is 5.85. The first kappa shape index (κ1) is 17.6. The van der Waals surface area contributed by atoms with Gasteiger partial charge in [0.1, 0.15) is 0 Å². The molecule has 2 nitrogen and oxygen atoms in total. The number of nitrogens with one attached hydrogen (secondary N) is 1. The highest BCUT2D eigenvalue weighted by Crippen LogP contribution is 2.59. The molecular formula is C8H6F9NO. The molecule has 0 heterocycles. The largest absolute Gasteiger partial charge is 0.421 e. The number of hydrogen-bond acceptors (Lipinski definition) is 1. The van der Waals surface area contributed by atoms with Crippen molar-refractivity contribution in [2.45, 2.75) is 18.5 Å². The van der Waals surface area contributed by atoms with Crippen LogP contribution in [0.3, 0.4) is 0 Å². The minimum Gasteiger partial charge on any atom is -0.351 e. The Bertz CT molecular complexity index is 315. The lowest BCUT2D eigenvalue weighted by Crippen LogP contribution is -2.67. The van der Waals surface area contributed by atoms with Crippen LogP contribution < -0.4 is 5.32 Å². The zero-order valence-corrected chi connectivity index (χ0v) is 8.80. The number of carbonyl (C=O) groups excluding carboxylic acids is 1. The lowest BCUT2D eigenvalue weighted by atomic mass is 9.84. The first-order chi connectivity index (χ1) is 8.23. The summed E-state index contributed by atoms with van der Waals surface area (Å²) in [5.41, 5.74) is -6.48. The van der Waals surface area contributed by atoms with Gasteiger partial charge in [0.2, 0.25) is 0 Å². The van der Waals surface area contributed by atoms with Crippen molar-refractivity contribution in [1.82, 2.24) is 5.32 Å². The summed E-state index contributed by atoms with van der Waals surface area (Å²) >= 11 is 0. The summed E-state index contributed by atoms with van der Waals surface area (Å²) in [4.78, 5) is 10.8. The van der Waals surface area contributed by atoms with Crippen LogP contribution in [0.2, 0.25) is 0 Å². The molecule has 112 valence electrons. The van der Waals surface area contributed by atoms with E-state index in [2.05, 4.69) is 6.58 Å². The normalized spacial score (nSPS) is 14.2. The Morgan fingerprint density at radius 3 is 1.42 bits per heavy atom. The summed E-state index contributed by atoms with van der Waals surface area (Å²) in [6.45, 7) is 1.86. The third-order valence-electron chi connectivity index (χ3n) is 2.02. The molecule has 1 N–H and O–H groups in total. The molecule has 0 aromatic heterocycles. The second kappa shape index (κ2) is 4.93. The van der Waals surface area contributed by atoms with Crippen LogP contribution in [0.25, 0.3) is 0 Å². The molecule has 0 aliphatic carbocycles. The van der Waals surface area contributed by atoms with Gasteiger partial charge in [0.25, 0.3) is 5.91 Å². The minimum absolute atomic E-state index is 0.631. The van der Waals surface area contributed by atoms with Crippen molar-refractivity contribution in [3.05, 3.63) is 12.7 Å². The van der Waals surface area contributed by atoms with Crippen LogP contribution in [0.1, 0.15) is 0 Å². The van der Waals surface area contributed by atoms with Crippen molar-refractivity contribution in [2.75, 3.05) is 6.54 Å². The molecule has 0 spiro atoms. The van der Waals surface area contributed by atoms with Gasteiger partial charge in [-0.15, -0.1) is 6.58 Å². The predicted octanol–water partition coefficient (Wildman–Crippen LogP) is 2.96. The molecule has 0 bridgehead atoms. The van der Waals surface area contributed by atoms with Gasteiger partial charge in [-0.3, -0.25) is 4.79 Å². The van der Waals surface area contributed by atoms with Gasteiger partial charge < -0.3 is 5.32 Å². The second-order valence-electron chi connectivity index (χ2n) is 3.24. The fourth-order valence-electron chi connectivity index (χ4n) is 1.17. The van der Waals surface area contributed by atoms with Crippen molar-refractivity contribution in [3.63, 3.8) is 0 Å². The highest BCUT2D eigenvalue weighted by Gasteiger charge is 2.87. The fraction of sp³-hybridized carbons (Fsp3) is 0.625. The smallest absolute Gasteiger partial charge is 0.351 e. The zero-order valence-electron chi connectivity index (χ0n) is 8.80. The average Bonchev–Trinajstić information content (AvgIpc) is 2.07. The summed E-state index contributed by atoms with van der Waals surface area (Å²) in [6, 6.07) is 0. The van der Waals surface area contributed by atoms with Crippen LogP contribution in [0.5, 0.6) is 0 Å². The van der Waals surface area contributed by atoms with Gasteiger partial charge in [0.05, 0.1) is 0 Å². The van der Waals surface area contributed by atoms with Crippen LogP contribution in [-0.4, -0.2) is 31.0 Å². The van der Waals surface area contributed by atoms with E-state index < -0.39 is 36.4 Å². The summed E-state index contributed by atoms with van der Waals surface area (Å²) in [5.74, 6) is -3.25. The summed E-state index contributed by atoms with van der Waals surface area (Å²) in [5, 5.41) is 0.876. The molecular weight excluding hydrogens is 297 g/mol. The van der Waals surface area contributed by atoms with Crippen molar-refractivity contribution < 1.29 is 44.3 Å². The molecule has 11 heteroatoms. The maximum absolute atomic E-state index is 12.3. The number of hydrogen-bond donors (Lipinski definition) is 1. The van der Waals surface area contributed by atoms with Gasteiger partial charge in [-0.05, 0) is 0 Å². The molecule has 19 heavy (non-hydrogen) atoms. The van der Waals surface area contributed by atoms with Gasteiger partial charge in [0.15, 0.2) is 0 Å². The van der Waals surface area contributed by atoms with Crippen LogP contribution in [0.4, 0.5) is 39.5 Å². The van der Waals surface area contributed by atoms with Crippen LogP contribution in [0.15, 0.2) is 12.7 Å². The van der Waals surface area contributed by atoms with E-state index in [9.17, 15) is 44.3 Å². The Kier molecular flexibility index (Phi) is 4.56. The maximum atomic E-state index is 12.3. The first-order valence-corrected chi connectivity index (χ1v) is 4.33. The van der Waals surface area contributed by atoms with Gasteiger partial charge >= 0.3 is 23.9 Å². The van der Waals surface area contributed by atoms with E-state index in [1.54, 1.807) is 0 Å². The third-order valence-corrected chi connectivity index (χ3v) is 2.02. The van der Waals surface area contributed by atoms with Gasteiger partial charge in [0, 0.05) is 6.54 Å². The average molecular weight is 303 g/mol. The Morgan fingerprint density at radius 1 is 0.895 bits per heavy atom. The van der Waals surface area contributed by atoms with E-state index >= 15 is 0 Å². The zero-order chi connectivity index (χ0) is 15.7. The summed E-state index contributed by atoms with van der Waals surface area (Å²) in [7, 11) is 0. The van der Waals surface area contributed by atoms with E-state index in [0.717, 1.165) is 5.32 Å². The Balaban J connectivity index is 6.11. The summed E-state index contributed by atoms with van der Waals surface area (Å²) in [6.07, 6.45) is -20.1. The van der Waals surface area contributed by atoms with E-state index in [0.29, 0.717) is 6.08 Å². The van der Waals surface area contributed by atoms with E-state index in [1.807, 2.05) is 0 Å². The van der Waals surface area contributed by atoms with Crippen LogP contribution in [0, 0.1) is 5.41 Å². The van der Waals surface area contributed by atoms with Crippen LogP contribution in [-0.2, 0) is 4.79 Å².